The molecule has 1 aromatic rings. The van der Waals surface area contributed by atoms with Crippen molar-refractivity contribution in [1.29, 1.82) is 0 Å². The molecule has 0 bridgehead atoms. The van der Waals surface area contributed by atoms with E-state index < -0.39 is 0 Å². The van der Waals surface area contributed by atoms with Gasteiger partial charge in [-0.05, 0) is 42.2 Å². The van der Waals surface area contributed by atoms with Crippen LogP contribution in [0.1, 0.15) is 17.7 Å². The van der Waals surface area contributed by atoms with E-state index in [-0.39, 0.29) is 17.8 Å². The van der Waals surface area contributed by atoms with Crippen LogP contribution in [-0.2, 0) is 9.53 Å². The number of methoxy groups -OCH3 is 1. The van der Waals surface area contributed by atoms with Crippen molar-refractivity contribution in [3.05, 3.63) is 47.0 Å². The van der Waals surface area contributed by atoms with E-state index in [9.17, 15) is 4.79 Å². The Morgan fingerprint density at radius 1 is 1.43 bits per heavy atom. The van der Waals surface area contributed by atoms with E-state index in [0.29, 0.717) is 6.61 Å². The van der Waals surface area contributed by atoms with Gasteiger partial charge in [-0.25, -0.2) is 0 Å². The normalized spacial score (nSPS) is 18.9. The molecule has 1 unspecified atom stereocenters. The quantitative estimate of drug-likeness (QED) is 0.798. The summed E-state index contributed by atoms with van der Waals surface area (Å²) in [5, 5.41) is 2.29. The molecule has 0 fully saturated rings. The second-order valence-electron chi connectivity index (χ2n) is 4.75. The zero-order chi connectivity index (χ0) is 14.8. The van der Waals surface area contributed by atoms with Crippen LogP contribution in [0.25, 0.3) is 0 Å². The molecule has 0 saturated carbocycles. The number of allylic oxidation sites excluding steroid dienone is 2. The van der Waals surface area contributed by atoms with E-state index in [4.69, 9.17) is 9.47 Å². The van der Waals surface area contributed by atoms with Crippen LogP contribution in [0.4, 0.5) is 5.69 Å². The van der Waals surface area contributed by atoms with Gasteiger partial charge in [0.15, 0.2) is 0 Å². The first kappa shape index (κ1) is 14.1. The third-order valence-electron chi connectivity index (χ3n) is 3.54. The summed E-state index contributed by atoms with van der Waals surface area (Å²) < 4.78 is 10.4. The Balaban J connectivity index is 1.97. The molecular weight excluding hydrogens is 286 g/mol. The molecule has 2 aliphatic heterocycles. The van der Waals surface area contributed by atoms with Gasteiger partial charge in [-0.15, -0.1) is 11.8 Å². The number of hydrogen-bond donors (Lipinski definition) is 0. The van der Waals surface area contributed by atoms with Crippen LogP contribution in [0.5, 0.6) is 5.75 Å². The van der Waals surface area contributed by atoms with Crippen molar-refractivity contribution in [1.82, 2.24) is 0 Å². The number of rotatable bonds is 4. The zero-order valence-electron chi connectivity index (χ0n) is 12.0. The summed E-state index contributed by atoms with van der Waals surface area (Å²) in [6, 6.07) is 5.98. The van der Waals surface area contributed by atoms with E-state index in [1.807, 2.05) is 36.1 Å². The molecule has 2 aliphatic rings. The monoisotopic (exact) mass is 303 g/mol. The molecule has 0 amide bonds. The molecule has 1 atom stereocenters. The summed E-state index contributed by atoms with van der Waals surface area (Å²) in [6.45, 7) is 2.46. The Kier molecular flexibility index (Phi) is 3.92. The van der Waals surface area contributed by atoms with Crippen molar-refractivity contribution in [2.24, 2.45) is 0 Å². The maximum atomic E-state index is 11.9. The van der Waals surface area contributed by atoms with E-state index in [0.717, 1.165) is 17.1 Å². The van der Waals surface area contributed by atoms with E-state index in [2.05, 4.69) is 11.5 Å². The highest BCUT2D eigenvalue weighted by molar-refractivity contribution is 8.02. The molecule has 21 heavy (non-hydrogen) atoms. The molecule has 0 aliphatic carbocycles. The number of anilines is 1. The van der Waals surface area contributed by atoms with Gasteiger partial charge in [0.25, 0.3) is 0 Å². The minimum Gasteiger partial charge on any atom is -0.497 e. The molecule has 0 radical (unpaired) electrons. The van der Waals surface area contributed by atoms with E-state index in [1.165, 1.54) is 5.56 Å². The molecule has 0 saturated heterocycles. The van der Waals surface area contributed by atoms with Crippen molar-refractivity contribution in [3.8, 4) is 5.75 Å². The lowest BCUT2D eigenvalue weighted by Crippen LogP contribution is -2.28. The molecule has 2 heterocycles. The third kappa shape index (κ3) is 2.53. The summed E-state index contributed by atoms with van der Waals surface area (Å²) in [6.07, 6.45) is 4.07. The maximum absolute atomic E-state index is 11.9. The summed E-state index contributed by atoms with van der Waals surface area (Å²) in [7, 11) is 1.66. The van der Waals surface area contributed by atoms with Crippen LogP contribution in [0.3, 0.4) is 0 Å². The smallest absolute Gasteiger partial charge is 0.325 e. The Morgan fingerprint density at radius 3 is 3.05 bits per heavy atom. The zero-order valence-corrected chi connectivity index (χ0v) is 12.9. The van der Waals surface area contributed by atoms with Gasteiger partial charge in [0.1, 0.15) is 12.3 Å². The Hall–Kier alpha value is -1.88. The van der Waals surface area contributed by atoms with Crippen LogP contribution in [0, 0.1) is 0 Å². The number of ether oxygens (including phenoxy) is 2. The van der Waals surface area contributed by atoms with E-state index >= 15 is 0 Å². The standard InChI is InChI=1S/C16H17NO3S/c1-3-20-15(18)10-17-13-7-6-11(19-2)9-12(13)16-14(17)5-4-8-21-16/h4-9,16H,3,10H2,1-2H3. The molecule has 0 aromatic heterocycles. The molecule has 0 spiro atoms. The number of hydrogen-bond acceptors (Lipinski definition) is 5. The van der Waals surface area contributed by atoms with Gasteiger partial charge >= 0.3 is 5.97 Å². The number of fused-ring (bicyclic) bond motifs is 3. The second-order valence-corrected chi connectivity index (χ2v) is 5.77. The lowest BCUT2D eigenvalue weighted by atomic mass is 10.1. The van der Waals surface area contributed by atoms with Crippen LogP contribution < -0.4 is 9.64 Å². The topological polar surface area (TPSA) is 38.8 Å². The lowest BCUT2D eigenvalue weighted by molar-refractivity contribution is -0.141. The number of carbonyl (C=O) groups excluding carboxylic acids is 1. The molecule has 0 N–H and O–H groups in total. The Morgan fingerprint density at radius 2 is 2.29 bits per heavy atom. The summed E-state index contributed by atoms with van der Waals surface area (Å²) >= 11 is 1.74. The van der Waals surface area contributed by atoms with Gasteiger partial charge < -0.3 is 14.4 Å². The highest BCUT2D eigenvalue weighted by Gasteiger charge is 2.35. The number of thioether (sulfide) groups is 1. The number of esters is 1. The summed E-state index contributed by atoms with van der Waals surface area (Å²) in [4.78, 5) is 13.9. The minimum absolute atomic E-state index is 0.208. The van der Waals surface area contributed by atoms with Crippen molar-refractivity contribution < 1.29 is 14.3 Å². The van der Waals surface area contributed by atoms with Gasteiger partial charge in [-0.3, -0.25) is 4.79 Å². The first-order valence-corrected chi connectivity index (χ1v) is 7.82. The fourth-order valence-electron chi connectivity index (χ4n) is 2.65. The van der Waals surface area contributed by atoms with Crippen LogP contribution in [0.15, 0.2) is 41.5 Å². The van der Waals surface area contributed by atoms with Gasteiger partial charge in [0.05, 0.1) is 19.0 Å². The first-order chi connectivity index (χ1) is 10.2. The third-order valence-corrected chi connectivity index (χ3v) is 4.62. The second kappa shape index (κ2) is 5.85. The average molecular weight is 303 g/mol. The van der Waals surface area contributed by atoms with Gasteiger partial charge in [-0.1, -0.05) is 6.08 Å². The molecule has 3 rings (SSSR count). The van der Waals surface area contributed by atoms with Crippen molar-refractivity contribution in [3.63, 3.8) is 0 Å². The molecular formula is C16H17NO3S. The average Bonchev–Trinajstić information content (AvgIpc) is 2.81. The highest BCUT2D eigenvalue weighted by atomic mass is 32.2. The van der Waals surface area contributed by atoms with Gasteiger partial charge in [-0.2, -0.15) is 0 Å². The number of carbonyl (C=O) groups is 1. The largest absolute Gasteiger partial charge is 0.497 e. The Bertz CT molecular complexity index is 624. The van der Waals surface area contributed by atoms with Crippen LogP contribution in [-0.4, -0.2) is 26.2 Å². The minimum atomic E-state index is -0.208. The van der Waals surface area contributed by atoms with Gasteiger partial charge in [0.2, 0.25) is 0 Å². The predicted octanol–water partition coefficient (Wildman–Crippen LogP) is 3.26. The molecule has 1 aromatic carbocycles. The fraction of sp³-hybridized carbons (Fsp3) is 0.312. The van der Waals surface area contributed by atoms with Crippen molar-refractivity contribution in [2.45, 2.75) is 12.2 Å². The lowest BCUT2D eigenvalue weighted by Gasteiger charge is -2.22. The number of benzene rings is 1. The SMILES string of the molecule is CCOC(=O)CN1C2=CC=CSC2c2cc(OC)ccc21. The fourth-order valence-corrected chi connectivity index (χ4v) is 3.66. The summed E-state index contributed by atoms with van der Waals surface area (Å²) in [5.74, 6) is 0.626. The van der Waals surface area contributed by atoms with Crippen LogP contribution in [0.2, 0.25) is 0 Å². The number of nitrogens with zero attached hydrogens (tertiary/aromatic N) is 1. The van der Waals surface area contributed by atoms with Crippen molar-refractivity contribution >= 4 is 23.4 Å². The van der Waals surface area contributed by atoms with Gasteiger partial charge in [0, 0.05) is 11.4 Å². The van der Waals surface area contributed by atoms with Crippen LogP contribution >= 0.6 is 11.8 Å². The first-order valence-electron chi connectivity index (χ1n) is 6.88. The molecule has 110 valence electrons. The maximum Gasteiger partial charge on any atom is 0.325 e. The molecule has 5 heteroatoms. The Labute approximate surface area is 128 Å². The summed E-state index contributed by atoms with van der Waals surface area (Å²) in [5.41, 5.74) is 3.36. The van der Waals surface area contributed by atoms with E-state index in [1.54, 1.807) is 18.9 Å². The highest BCUT2D eigenvalue weighted by Crippen LogP contribution is 2.52. The predicted molar refractivity (Wildman–Crippen MR) is 84.5 cm³/mol. The van der Waals surface area contributed by atoms with Crippen molar-refractivity contribution in [2.75, 3.05) is 25.2 Å². The molecule has 4 nitrogen and oxygen atoms in total.